The first-order valence-electron chi connectivity index (χ1n) is 11.4. The lowest BCUT2D eigenvalue weighted by Crippen LogP contribution is -2.09. The van der Waals surface area contributed by atoms with Crippen molar-refractivity contribution in [1.29, 1.82) is 0 Å². The molecule has 0 bridgehead atoms. The number of carbonyl (C=O) groups excluding carboxylic acids is 1. The van der Waals surface area contributed by atoms with Crippen LogP contribution in [-0.4, -0.2) is 33.9 Å². The van der Waals surface area contributed by atoms with Gasteiger partial charge in [0, 0.05) is 41.1 Å². The first-order chi connectivity index (χ1) is 16.5. The van der Waals surface area contributed by atoms with E-state index in [4.69, 9.17) is 9.47 Å². The zero-order valence-electron chi connectivity index (χ0n) is 19.6. The molecule has 5 rings (SSSR count). The lowest BCUT2D eigenvalue weighted by Gasteiger charge is -2.09. The number of esters is 1. The number of nitrogens with one attached hydrogen (secondary N) is 1. The predicted molar refractivity (Wildman–Crippen MR) is 134 cm³/mol. The highest BCUT2D eigenvalue weighted by molar-refractivity contribution is 6.01. The van der Waals surface area contributed by atoms with Crippen molar-refractivity contribution in [3.63, 3.8) is 0 Å². The summed E-state index contributed by atoms with van der Waals surface area (Å²) in [5.74, 6) is 0.473. The van der Waals surface area contributed by atoms with Gasteiger partial charge in [-0.05, 0) is 31.4 Å². The van der Waals surface area contributed by atoms with Gasteiger partial charge in [0.2, 0.25) is 0 Å². The number of hydrogen-bond acceptors (Lipinski definition) is 4. The smallest absolute Gasteiger partial charge is 0.354 e. The molecule has 0 aliphatic carbocycles. The number of fused-ring (bicyclic) bond motifs is 2. The Kier molecular flexibility index (Phi) is 5.80. The molecule has 0 saturated carbocycles. The van der Waals surface area contributed by atoms with Crippen LogP contribution >= 0.6 is 0 Å². The molecule has 1 N–H and O–H groups in total. The molecule has 2 aromatic heterocycles. The summed E-state index contributed by atoms with van der Waals surface area (Å²) >= 11 is 0. The van der Waals surface area contributed by atoms with Crippen LogP contribution in [-0.2, 0) is 11.8 Å². The largest absolute Gasteiger partial charge is 0.493 e. The third kappa shape index (κ3) is 4.03. The van der Waals surface area contributed by atoms with Crippen LogP contribution in [0.25, 0.3) is 32.8 Å². The van der Waals surface area contributed by atoms with Gasteiger partial charge in [-0.25, -0.2) is 4.79 Å². The fourth-order valence-electron chi connectivity index (χ4n) is 4.44. The molecule has 0 unspecified atom stereocenters. The molecule has 0 atom stereocenters. The summed E-state index contributed by atoms with van der Waals surface area (Å²) in [7, 11) is 1.94. The van der Waals surface area contributed by atoms with Gasteiger partial charge in [0.05, 0.1) is 24.4 Å². The highest BCUT2D eigenvalue weighted by atomic mass is 16.5. The van der Waals surface area contributed by atoms with E-state index >= 15 is 0 Å². The van der Waals surface area contributed by atoms with Crippen molar-refractivity contribution in [2.45, 2.75) is 20.3 Å². The number of H-pyrrole nitrogens is 1. The van der Waals surface area contributed by atoms with Crippen molar-refractivity contribution in [3.8, 4) is 16.9 Å². The second kappa shape index (κ2) is 9.06. The molecule has 0 fully saturated rings. The van der Waals surface area contributed by atoms with Gasteiger partial charge in [-0.15, -0.1) is 0 Å². The van der Waals surface area contributed by atoms with E-state index in [9.17, 15) is 4.79 Å². The fraction of sp³-hybridized carbons (Fsp3) is 0.214. The van der Waals surface area contributed by atoms with Crippen molar-refractivity contribution in [2.24, 2.45) is 7.05 Å². The summed E-state index contributed by atoms with van der Waals surface area (Å²) in [5, 5.41) is 7.71. The zero-order valence-corrected chi connectivity index (χ0v) is 19.6. The first-order valence-corrected chi connectivity index (χ1v) is 11.4. The summed E-state index contributed by atoms with van der Waals surface area (Å²) in [6, 6.07) is 22.0. The van der Waals surface area contributed by atoms with Gasteiger partial charge in [-0.1, -0.05) is 54.6 Å². The lowest BCUT2D eigenvalue weighted by molar-refractivity contribution is 0.0480. The summed E-state index contributed by atoms with van der Waals surface area (Å²) < 4.78 is 13.3. The molecule has 0 aliphatic heterocycles. The Bertz CT molecular complexity index is 1490. The molecule has 6 heteroatoms. The highest BCUT2D eigenvalue weighted by Gasteiger charge is 2.18. The van der Waals surface area contributed by atoms with E-state index < -0.39 is 0 Å². The molecule has 0 radical (unpaired) electrons. The predicted octanol–water partition coefficient (Wildman–Crippen LogP) is 5.96. The Morgan fingerprint density at radius 3 is 2.56 bits per heavy atom. The Morgan fingerprint density at radius 2 is 1.74 bits per heavy atom. The van der Waals surface area contributed by atoms with Gasteiger partial charge in [0.1, 0.15) is 11.4 Å². The van der Waals surface area contributed by atoms with Gasteiger partial charge in [0.15, 0.2) is 0 Å². The zero-order chi connectivity index (χ0) is 23.7. The minimum Gasteiger partial charge on any atom is -0.493 e. The Morgan fingerprint density at radius 1 is 0.971 bits per heavy atom. The number of benzene rings is 3. The van der Waals surface area contributed by atoms with Crippen molar-refractivity contribution in [1.82, 2.24) is 14.8 Å². The van der Waals surface area contributed by atoms with E-state index in [1.165, 1.54) is 0 Å². The van der Waals surface area contributed by atoms with Gasteiger partial charge >= 0.3 is 5.97 Å². The van der Waals surface area contributed by atoms with Crippen LogP contribution in [0.3, 0.4) is 0 Å². The maximum Gasteiger partial charge on any atom is 0.354 e. The quantitative estimate of drug-likeness (QED) is 0.244. The monoisotopic (exact) mass is 453 g/mol. The van der Waals surface area contributed by atoms with E-state index in [2.05, 4.69) is 28.3 Å². The first kappa shape index (κ1) is 21.8. The van der Waals surface area contributed by atoms with Crippen LogP contribution in [0.5, 0.6) is 5.75 Å². The third-order valence-electron chi connectivity index (χ3n) is 6.18. The molecule has 3 aromatic carbocycles. The molecule has 0 spiro atoms. The van der Waals surface area contributed by atoms with E-state index in [-0.39, 0.29) is 12.6 Å². The van der Waals surface area contributed by atoms with E-state index in [1.807, 2.05) is 74.1 Å². The molecule has 0 amide bonds. The van der Waals surface area contributed by atoms with E-state index in [0.717, 1.165) is 49.9 Å². The number of rotatable bonds is 7. The average Bonchev–Trinajstić information content (AvgIpc) is 3.39. The van der Waals surface area contributed by atoms with Crippen molar-refractivity contribution >= 4 is 27.6 Å². The van der Waals surface area contributed by atoms with Crippen molar-refractivity contribution in [3.05, 3.63) is 83.8 Å². The van der Waals surface area contributed by atoms with Crippen molar-refractivity contribution < 1.29 is 14.3 Å². The number of hydrogen-bond donors (Lipinski definition) is 1. The minimum absolute atomic E-state index is 0.284. The molecule has 0 saturated heterocycles. The normalized spacial score (nSPS) is 11.3. The molecular formula is C28H27N3O3. The van der Waals surface area contributed by atoms with Crippen LogP contribution < -0.4 is 4.74 Å². The number of aromatic amines is 1. The average molecular weight is 454 g/mol. The van der Waals surface area contributed by atoms with Crippen LogP contribution in [0.15, 0.2) is 66.7 Å². The Hall–Kier alpha value is -4.06. The third-order valence-corrected chi connectivity index (χ3v) is 6.18. The molecule has 34 heavy (non-hydrogen) atoms. The number of nitrogens with zero attached hydrogens (tertiary/aromatic N) is 2. The Labute approximate surface area is 198 Å². The van der Waals surface area contributed by atoms with Gasteiger partial charge in [-0.2, -0.15) is 5.10 Å². The van der Waals surface area contributed by atoms with Crippen LogP contribution in [0, 0.1) is 13.8 Å². The number of aromatic nitrogens is 3. The van der Waals surface area contributed by atoms with E-state index in [1.54, 1.807) is 0 Å². The van der Waals surface area contributed by atoms with Gasteiger partial charge in [-0.3, -0.25) is 4.68 Å². The topological polar surface area (TPSA) is 69.1 Å². The van der Waals surface area contributed by atoms with Crippen LogP contribution in [0.4, 0.5) is 0 Å². The van der Waals surface area contributed by atoms with Gasteiger partial charge < -0.3 is 14.5 Å². The lowest BCUT2D eigenvalue weighted by atomic mass is 10.0. The second-order valence-electron chi connectivity index (χ2n) is 8.44. The SMILES string of the molecule is Cc1nn(C)c(C)c1-c1cccc2cc(C(=O)OCCCOc3cccc4ccccc34)[nH]c12. The van der Waals surface area contributed by atoms with E-state index in [0.29, 0.717) is 18.7 Å². The standard InChI is InChI=1S/C28H27N3O3/c1-18-26(19(2)31(3)30-18)23-13-6-11-21-17-24(29-27(21)23)28(32)34-16-8-15-33-25-14-7-10-20-9-4-5-12-22(20)25/h4-7,9-14,17,29H,8,15-16H2,1-3H3. The number of aryl methyl sites for hydroxylation is 2. The summed E-state index contributed by atoms with van der Waals surface area (Å²) in [5.41, 5.74) is 5.50. The fourth-order valence-corrected chi connectivity index (χ4v) is 4.44. The molecule has 172 valence electrons. The second-order valence-corrected chi connectivity index (χ2v) is 8.44. The summed E-state index contributed by atoms with van der Waals surface area (Å²) in [6.45, 7) is 4.80. The maximum absolute atomic E-state index is 12.7. The van der Waals surface area contributed by atoms with Crippen LogP contribution in [0.1, 0.15) is 28.3 Å². The highest BCUT2D eigenvalue weighted by Crippen LogP contribution is 2.33. The molecular weight excluding hydrogens is 426 g/mol. The summed E-state index contributed by atoms with van der Waals surface area (Å²) in [4.78, 5) is 16.0. The molecule has 0 aliphatic rings. The minimum atomic E-state index is -0.369. The van der Waals surface area contributed by atoms with Gasteiger partial charge in [0.25, 0.3) is 0 Å². The Balaban J connectivity index is 1.24. The number of para-hydroxylation sites is 1. The summed E-state index contributed by atoms with van der Waals surface area (Å²) in [6.07, 6.45) is 0.606. The van der Waals surface area contributed by atoms with Crippen molar-refractivity contribution in [2.75, 3.05) is 13.2 Å². The number of ether oxygens (including phenoxy) is 2. The van der Waals surface area contributed by atoms with Crippen LogP contribution in [0.2, 0.25) is 0 Å². The maximum atomic E-state index is 12.7. The molecule has 5 aromatic rings. The molecule has 6 nitrogen and oxygen atoms in total. The number of carbonyl (C=O) groups is 1. The molecule has 2 heterocycles.